The number of rotatable bonds is 6. The Kier molecular flexibility index (Phi) is 5.19. The number of nitrogens with zero attached hydrogens (tertiary/aromatic N) is 1. The third-order valence-electron chi connectivity index (χ3n) is 4.49. The third-order valence-corrected chi connectivity index (χ3v) is 4.49. The highest BCUT2D eigenvalue weighted by Crippen LogP contribution is 2.41. The number of hydrogen-bond acceptors (Lipinski definition) is 5. The predicted octanol–water partition coefficient (Wildman–Crippen LogP) is 0.393. The minimum Gasteiger partial charge on any atom is -0.466 e. The van der Waals surface area contributed by atoms with Crippen LogP contribution in [0.1, 0.15) is 32.6 Å². The van der Waals surface area contributed by atoms with Crippen molar-refractivity contribution in [3.05, 3.63) is 0 Å². The van der Waals surface area contributed by atoms with Crippen molar-refractivity contribution >= 4 is 5.97 Å². The van der Waals surface area contributed by atoms with Crippen LogP contribution >= 0.6 is 0 Å². The fourth-order valence-electron chi connectivity index (χ4n) is 3.56. The van der Waals surface area contributed by atoms with Gasteiger partial charge in [-0.15, -0.1) is 0 Å². The number of fused-ring (bicyclic) bond motifs is 3. The summed E-state index contributed by atoms with van der Waals surface area (Å²) in [6.45, 7) is 3.59. The van der Waals surface area contributed by atoms with Crippen LogP contribution in [0.2, 0.25) is 0 Å². The normalized spacial score (nSPS) is 32.3. The molecule has 2 heterocycles. The van der Waals surface area contributed by atoms with Gasteiger partial charge < -0.3 is 14.9 Å². The van der Waals surface area contributed by atoms with Crippen molar-refractivity contribution in [1.29, 1.82) is 0 Å². The molecular weight excluding hydrogens is 246 g/mol. The average molecular weight is 271 g/mol. The minimum atomic E-state index is -0.650. The van der Waals surface area contributed by atoms with Crippen LogP contribution in [-0.2, 0) is 9.53 Å². The number of aliphatic hydroxyl groups excluding tert-OH is 2. The lowest BCUT2D eigenvalue weighted by Gasteiger charge is -2.50. The largest absolute Gasteiger partial charge is 0.466 e. The number of carbonyl (C=O) groups is 1. The molecule has 1 saturated carbocycles. The molecule has 3 aliphatic rings. The zero-order valence-corrected chi connectivity index (χ0v) is 11.6. The Morgan fingerprint density at radius 1 is 1.47 bits per heavy atom. The van der Waals surface area contributed by atoms with Gasteiger partial charge in [0.1, 0.15) is 0 Å². The van der Waals surface area contributed by atoms with Crippen molar-refractivity contribution in [2.75, 3.05) is 26.3 Å². The van der Waals surface area contributed by atoms with Gasteiger partial charge in [-0.05, 0) is 38.0 Å². The Balaban J connectivity index is 1.85. The Labute approximate surface area is 114 Å². The molecule has 0 radical (unpaired) electrons. The number of piperidine rings is 2. The summed E-state index contributed by atoms with van der Waals surface area (Å²) in [6.07, 6.45) is 3.21. The number of esters is 1. The summed E-state index contributed by atoms with van der Waals surface area (Å²) in [6, 6.07) is 0.450. The van der Waals surface area contributed by atoms with Crippen LogP contribution in [0.4, 0.5) is 0 Å². The summed E-state index contributed by atoms with van der Waals surface area (Å²) in [4.78, 5) is 13.9. The molecule has 2 aliphatic heterocycles. The highest BCUT2D eigenvalue weighted by molar-refractivity contribution is 5.69. The molecule has 2 N–H and O–H groups in total. The molecule has 0 amide bonds. The van der Waals surface area contributed by atoms with E-state index in [0.29, 0.717) is 37.5 Å². The first-order chi connectivity index (χ1) is 9.13. The van der Waals surface area contributed by atoms with Crippen molar-refractivity contribution < 1.29 is 19.7 Å². The van der Waals surface area contributed by atoms with E-state index in [2.05, 4.69) is 4.90 Å². The first kappa shape index (κ1) is 14.8. The molecule has 19 heavy (non-hydrogen) atoms. The molecule has 0 aromatic carbocycles. The highest BCUT2D eigenvalue weighted by atomic mass is 16.5. The minimum absolute atomic E-state index is 0.0815. The van der Waals surface area contributed by atoms with Crippen LogP contribution in [-0.4, -0.2) is 59.5 Å². The van der Waals surface area contributed by atoms with E-state index in [1.165, 1.54) is 6.42 Å². The smallest absolute Gasteiger partial charge is 0.306 e. The maximum Gasteiger partial charge on any atom is 0.306 e. The molecule has 0 aromatic rings. The summed E-state index contributed by atoms with van der Waals surface area (Å²) < 4.78 is 5.04. The Hall–Kier alpha value is -0.650. The van der Waals surface area contributed by atoms with E-state index in [1.807, 2.05) is 6.92 Å². The molecule has 4 unspecified atom stereocenters. The summed E-state index contributed by atoms with van der Waals surface area (Å²) in [5.74, 6) is 0.877. The molecule has 0 aromatic heterocycles. The molecule has 4 atom stereocenters. The van der Waals surface area contributed by atoms with Crippen LogP contribution in [0.15, 0.2) is 0 Å². The second kappa shape index (κ2) is 6.68. The van der Waals surface area contributed by atoms with Gasteiger partial charge in [-0.3, -0.25) is 9.69 Å². The van der Waals surface area contributed by atoms with Crippen LogP contribution in [0.25, 0.3) is 0 Å². The molecule has 3 fully saturated rings. The highest BCUT2D eigenvalue weighted by Gasteiger charge is 2.41. The van der Waals surface area contributed by atoms with Gasteiger partial charge in [0.2, 0.25) is 0 Å². The van der Waals surface area contributed by atoms with Gasteiger partial charge in [0.05, 0.1) is 19.3 Å². The Bertz CT molecular complexity index is 310. The lowest BCUT2D eigenvalue weighted by Crippen LogP contribution is -2.54. The number of carbonyl (C=O) groups excluding carboxylic acids is 1. The number of ether oxygens (including phenoxy) is 1. The van der Waals surface area contributed by atoms with Crippen LogP contribution in [0.5, 0.6) is 0 Å². The van der Waals surface area contributed by atoms with E-state index < -0.39 is 6.10 Å². The molecule has 110 valence electrons. The fourth-order valence-corrected chi connectivity index (χ4v) is 3.56. The molecule has 3 rings (SSSR count). The quantitative estimate of drug-likeness (QED) is 0.684. The molecule has 5 heteroatoms. The SMILES string of the molecule is CCOC(=O)CC1CC2CCC1CN2CC(O)CO. The Morgan fingerprint density at radius 3 is 2.84 bits per heavy atom. The lowest BCUT2D eigenvalue weighted by atomic mass is 9.70. The van der Waals surface area contributed by atoms with Crippen molar-refractivity contribution in [2.45, 2.75) is 44.8 Å². The monoisotopic (exact) mass is 271 g/mol. The van der Waals surface area contributed by atoms with Crippen molar-refractivity contribution in [2.24, 2.45) is 11.8 Å². The van der Waals surface area contributed by atoms with Gasteiger partial charge in [-0.25, -0.2) is 0 Å². The Morgan fingerprint density at radius 2 is 2.26 bits per heavy atom. The van der Waals surface area contributed by atoms with Gasteiger partial charge in [0.25, 0.3) is 0 Å². The van der Waals surface area contributed by atoms with E-state index in [9.17, 15) is 9.90 Å². The van der Waals surface area contributed by atoms with E-state index in [0.717, 1.165) is 19.4 Å². The number of hydrogen-bond donors (Lipinski definition) is 2. The summed E-state index contributed by atoms with van der Waals surface area (Å²) in [7, 11) is 0. The van der Waals surface area contributed by atoms with Gasteiger partial charge in [0, 0.05) is 25.6 Å². The first-order valence-electron chi connectivity index (χ1n) is 7.32. The van der Waals surface area contributed by atoms with Crippen LogP contribution in [0.3, 0.4) is 0 Å². The van der Waals surface area contributed by atoms with E-state index in [1.54, 1.807) is 0 Å². The van der Waals surface area contributed by atoms with E-state index >= 15 is 0 Å². The van der Waals surface area contributed by atoms with Crippen LogP contribution in [0, 0.1) is 11.8 Å². The molecule has 1 aliphatic carbocycles. The van der Waals surface area contributed by atoms with Gasteiger partial charge in [-0.2, -0.15) is 0 Å². The van der Waals surface area contributed by atoms with Gasteiger partial charge in [-0.1, -0.05) is 0 Å². The third kappa shape index (κ3) is 3.68. The van der Waals surface area contributed by atoms with Crippen molar-refractivity contribution in [1.82, 2.24) is 4.90 Å². The average Bonchev–Trinajstić information content (AvgIpc) is 2.40. The molecule has 0 spiro atoms. The number of aliphatic hydroxyl groups is 2. The van der Waals surface area contributed by atoms with Gasteiger partial charge in [0.15, 0.2) is 0 Å². The molecular formula is C14H25NO4. The maximum absolute atomic E-state index is 11.6. The summed E-state index contributed by atoms with van der Waals surface area (Å²) in [5, 5.41) is 18.5. The zero-order valence-electron chi connectivity index (χ0n) is 11.6. The first-order valence-corrected chi connectivity index (χ1v) is 7.32. The molecule has 5 nitrogen and oxygen atoms in total. The zero-order chi connectivity index (χ0) is 13.8. The van der Waals surface area contributed by atoms with E-state index in [-0.39, 0.29) is 12.6 Å². The lowest BCUT2D eigenvalue weighted by molar-refractivity contribution is -0.146. The maximum atomic E-state index is 11.6. The molecule has 2 bridgehead atoms. The van der Waals surface area contributed by atoms with Gasteiger partial charge >= 0.3 is 5.97 Å². The summed E-state index contributed by atoms with van der Waals surface area (Å²) >= 11 is 0. The second-order valence-corrected chi connectivity index (χ2v) is 5.79. The standard InChI is InChI=1S/C14H25NO4/c1-2-19-14(18)6-11-5-12-4-3-10(11)7-15(12)8-13(17)9-16/h10-13,16-17H,2-9H2,1H3. The van der Waals surface area contributed by atoms with Crippen LogP contribution < -0.4 is 0 Å². The topological polar surface area (TPSA) is 70.0 Å². The molecule has 2 saturated heterocycles. The second-order valence-electron chi connectivity index (χ2n) is 5.79. The van der Waals surface area contributed by atoms with Crippen molar-refractivity contribution in [3.63, 3.8) is 0 Å². The summed E-state index contributed by atoms with van der Waals surface area (Å²) in [5.41, 5.74) is 0. The fraction of sp³-hybridized carbons (Fsp3) is 0.929. The van der Waals surface area contributed by atoms with E-state index in [4.69, 9.17) is 9.84 Å². The van der Waals surface area contributed by atoms with Crippen molar-refractivity contribution in [3.8, 4) is 0 Å². The predicted molar refractivity (Wildman–Crippen MR) is 70.5 cm³/mol.